The molecule has 0 aliphatic carbocycles. The lowest BCUT2D eigenvalue weighted by atomic mass is 10.1. The van der Waals surface area contributed by atoms with Gasteiger partial charge in [-0.3, -0.25) is 0 Å². The molecular formula is C26H27ClFN7O2. The molecule has 1 atom stereocenters. The molecule has 1 aliphatic heterocycles. The van der Waals surface area contributed by atoms with E-state index in [1.807, 2.05) is 50.5 Å². The Kier molecular flexibility index (Phi) is 6.45. The molecule has 0 spiro atoms. The van der Waals surface area contributed by atoms with Crippen LogP contribution in [0, 0.1) is 5.95 Å². The number of piperazine rings is 1. The van der Waals surface area contributed by atoms with E-state index in [9.17, 15) is 9.18 Å². The van der Waals surface area contributed by atoms with Crippen molar-refractivity contribution in [3.63, 3.8) is 0 Å². The van der Waals surface area contributed by atoms with E-state index in [0.717, 1.165) is 5.69 Å². The van der Waals surface area contributed by atoms with Gasteiger partial charge in [0, 0.05) is 60.5 Å². The number of hydrogen-bond acceptors (Lipinski definition) is 7. The Morgan fingerprint density at radius 1 is 1.14 bits per heavy atom. The number of nitrogens with zero attached hydrogens (tertiary/aromatic N) is 7. The maximum Gasteiger partial charge on any atom is 0.410 e. The summed E-state index contributed by atoms with van der Waals surface area (Å²) in [5.41, 5.74) is 1.38. The number of benzene rings is 1. The summed E-state index contributed by atoms with van der Waals surface area (Å²) >= 11 is 6.27. The lowest BCUT2D eigenvalue weighted by Gasteiger charge is -2.41. The van der Waals surface area contributed by atoms with Gasteiger partial charge in [0.05, 0.1) is 5.39 Å². The van der Waals surface area contributed by atoms with Crippen LogP contribution in [0.4, 0.5) is 15.0 Å². The molecule has 1 aliphatic rings. The standard InChI is InChI=1S/C26H27ClFN7O2/c1-16-13-33(25(36)37-26(2,3)4)10-11-34(16)23-20-19(21-22(28)30-9-8-29-21)14-35(24(20)32-15-31-23)18-7-5-6-17(27)12-18/h5-9,12,14-16H,10-11,13H2,1-4H3. The van der Waals surface area contributed by atoms with E-state index >= 15 is 0 Å². The average molecular weight is 524 g/mol. The normalized spacial score (nSPS) is 16.3. The molecule has 37 heavy (non-hydrogen) atoms. The van der Waals surface area contributed by atoms with Crippen molar-refractivity contribution >= 4 is 34.5 Å². The van der Waals surface area contributed by atoms with Gasteiger partial charge < -0.3 is 19.1 Å². The number of carbonyl (C=O) groups is 1. The maximum absolute atomic E-state index is 14.9. The van der Waals surface area contributed by atoms with Gasteiger partial charge in [0.1, 0.15) is 23.4 Å². The van der Waals surface area contributed by atoms with Gasteiger partial charge in [-0.05, 0) is 45.9 Å². The molecule has 5 rings (SSSR count). The third kappa shape index (κ3) is 4.93. The average Bonchev–Trinajstić information content (AvgIpc) is 3.23. The number of halogens is 2. The summed E-state index contributed by atoms with van der Waals surface area (Å²) in [6, 6.07) is 7.24. The van der Waals surface area contributed by atoms with Crippen LogP contribution < -0.4 is 4.90 Å². The molecular weight excluding hydrogens is 497 g/mol. The number of ether oxygens (including phenoxy) is 1. The van der Waals surface area contributed by atoms with Crippen molar-refractivity contribution in [2.75, 3.05) is 24.5 Å². The fourth-order valence-electron chi connectivity index (χ4n) is 4.53. The van der Waals surface area contributed by atoms with Crippen molar-refractivity contribution in [1.82, 2.24) is 29.4 Å². The van der Waals surface area contributed by atoms with Crippen LogP contribution in [0.3, 0.4) is 0 Å². The van der Waals surface area contributed by atoms with Crippen molar-refractivity contribution in [3.05, 3.63) is 60.2 Å². The summed E-state index contributed by atoms with van der Waals surface area (Å²) in [6.45, 7) is 8.97. The smallest absolute Gasteiger partial charge is 0.410 e. The molecule has 4 heterocycles. The quantitative estimate of drug-likeness (QED) is 0.368. The Bertz CT molecular complexity index is 1470. The number of amides is 1. The third-order valence-corrected chi connectivity index (χ3v) is 6.34. The Morgan fingerprint density at radius 3 is 2.62 bits per heavy atom. The SMILES string of the molecule is CC1CN(C(=O)OC(C)(C)C)CCN1c1ncnc2c1c(-c1nccnc1F)cn2-c1cccc(Cl)c1. The largest absolute Gasteiger partial charge is 0.444 e. The molecule has 1 saturated heterocycles. The highest BCUT2D eigenvalue weighted by molar-refractivity contribution is 6.30. The molecule has 0 N–H and O–H groups in total. The molecule has 192 valence electrons. The van der Waals surface area contributed by atoms with Crippen molar-refractivity contribution < 1.29 is 13.9 Å². The summed E-state index contributed by atoms with van der Waals surface area (Å²) in [5.74, 6) is -0.0626. The van der Waals surface area contributed by atoms with E-state index in [0.29, 0.717) is 47.1 Å². The van der Waals surface area contributed by atoms with E-state index < -0.39 is 11.5 Å². The first kappa shape index (κ1) is 24.9. The van der Waals surface area contributed by atoms with Crippen LogP contribution in [0.25, 0.3) is 28.0 Å². The molecule has 0 bridgehead atoms. The lowest BCUT2D eigenvalue weighted by molar-refractivity contribution is 0.0218. The van der Waals surface area contributed by atoms with E-state index in [-0.39, 0.29) is 17.8 Å². The molecule has 1 fully saturated rings. The predicted molar refractivity (Wildman–Crippen MR) is 139 cm³/mol. The molecule has 0 saturated carbocycles. The zero-order chi connectivity index (χ0) is 26.3. The highest BCUT2D eigenvalue weighted by atomic mass is 35.5. The van der Waals surface area contributed by atoms with Gasteiger partial charge in [-0.1, -0.05) is 17.7 Å². The summed E-state index contributed by atoms with van der Waals surface area (Å²) in [6.07, 6.45) is 5.68. The first-order chi connectivity index (χ1) is 17.6. The van der Waals surface area contributed by atoms with Crippen molar-refractivity contribution in [1.29, 1.82) is 0 Å². The van der Waals surface area contributed by atoms with Crippen LogP contribution in [0.1, 0.15) is 27.7 Å². The first-order valence-corrected chi connectivity index (χ1v) is 12.3. The van der Waals surface area contributed by atoms with E-state index in [1.165, 1.54) is 18.7 Å². The zero-order valence-electron chi connectivity index (χ0n) is 21.0. The van der Waals surface area contributed by atoms with Crippen LogP contribution in [0.5, 0.6) is 0 Å². The fraction of sp³-hybridized carbons (Fsp3) is 0.346. The zero-order valence-corrected chi connectivity index (χ0v) is 21.8. The monoisotopic (exact) mass is 523 g/mol. The fourth-order valence-corrected chi connectivity index (χ4v) is 4.72. The number of aromatic nitrogens is 5. The second-order valence-corrected chi connectivity index (χ2v) is 10.4. The maximum atomic E-state index is 14.9. The van der Waals surface area contributed by atoms with E-state index in [4.69, 9.17) is 16.3 Å². The number of anilines is 1. The van der Waals surface area contributed by atoms with Gasteiger partial charge in [0.15, 0.2) is 5.65 Å². The van der Waals surface area contributed by atoms with Crippen LogP contribution in [-0.2, 0) is 4.74 Å². The second kappa shape index (κ2) is 9.59. The minimum atomic E-state index is -0.690. The third-order valence-electron chi connectivity index (χ3n) is 6.11. The molecule has 1 aromatic carbocycles. The van der Waals surface area contributed by atoms with Crippen molar-refractivity contribution in [2.24, 2.45) is 0 Å². The molecule has 1 amide bonds. The van der Waals surface area contributed by atoms with Crippen LogP contribution in [0.15, 0.2) is 49.2 Å². The number of hydrogen-bond donors (Lipinski definition) is 0. The highest BCUT2D eigenvalue weighted by Crippen LogP contribution is 2.38. The topological polar surface area (TPSA) is 89.3 Å². The first-order valence-electron chi connectivity index (χ1n) is 12.0. The predicted octanol–water partition coefficient (Wildman–Crippen LogP) is 5.12. The lowest BCUT2D eigenvalue weighted by Crippen LogP contribution is -2.54. The van der Waals surface area contributed by atoms with Crippen molar-refractivity contribution in [2.45, 2.75) is 39.3 Å². The van der Waals surface area contributed by atoms with Gasteiger partial charge in [0.2, 0.25) is 5.95 Å². The Morgan fingerprint density at radius 2 is 1.92 bits per heavy atom. The summed E-state index contributed by atoms with van der Waals surface area (Å²) < 4.78 is 22.3. The molecule has 9 nitrogen and oxygen atoms in total. The van der Waals surface area contributed by atoms with Gasteiger partial charge in [-0.2, -0.15) is 4.39 Å². The second-order valence-electron chi connectivity index (χ2n) is 9.95. The van der Waals surface area contributed by atoms with E-state index in [2.05, 4.69) is 24.8 Å². The Labute approximate surface area is 218 Å². The van der Waals surface area contributed by atoms with Crippen LogP contribution in [-0.4, -0.2) is 66.8 Å². The molecule has 0 radical (unpaired) electrons. The molecule has 1 unspecified atom stereocenters. The highest BCUT2D eigenvalue weighted by Gasteiger charge is 2.32. The minimum Gasteiger partial charge on any atom is -0.444 e. The van der Waals surface area contributed by atoms with Gasteiger partial charge in [-0.25, -0.2) is 24.7 Å². The van der Waals surface area contributed by atoms with Crippen LogP contribution in [0.2, 0.25) is 5.02 Å². The summed E-state index contributed by atoms with van der Waals surface area (Å²) in [5, 5.41) is 1.20. The number of carbonyl (C=O) groups excluding carboxylic acids is 1. The van der Waals surface area contributed by atoms with Gasteiger partial charge in [0.25, 0.3) is 0 Å². The van der Waals surface area contributed by atoms with Crippen LogP contribution >= 0.6 is 11.6 Å². The Balaban J connectivity index is 1.61. The summed E-state index contributed by atoms with van der Waals surface area (Å²) in [4.78, 5) is 33.7. The molecule has 11 heteroatoms. The van der Waals surface area contributed by atoms with Gasteiger partial charge in [-0.15, -0.1) is 0 Å². The van der Waals surface area contributed by atoms with Gasteiger partial charge >= 0.3 is 6.09 Å². The number of rotatable bonds is 3. The van der Waals surface area contributed by atoms with Crippen molar-refractivity contribution in [3.8, 4) is 16.9 Å². The molecule has 3 aromatic heterocycles. The number of fused-ring (bicyclic) bond motifs is 1. The Hall–Kier alpha value is -3.79. The molecule has 4 aromatic rings. The summed E-state index contributed by atoms with van der Waals surface area (Å²) in [7, 11) is 0. The van der Waals surface area contributed by atoms with E-state index in [1.54, 1.807) is 17.2 Å². The minimum absolute atomic E-state index is 0.0894.